The molecule has 1 heterocycles. The molecule has 2 aromatic rings. The van der Waals surface area contributed by atoms with Crippen molar-refractivity contribution >= 4 is 10.8 Å². The van der Waals surface area contributed by atoms with E-state index in [9.17, 15) is 17.6 Å². The molecule has 2 aliphatic rings. The van der Waals surface area contributed by atoms with Crippen LogP contribution in [0.4, 0.5) is 17.6 Å². The van der Waals surface area contributed by atoms with Crippen molar-refractivity contribution in [3.05, 3.63) is 65.5 Å². The number of halogens is 4. The third-order valence-electron chi connectivity index (χ3n) is 5.81. The Morgan fingerprint density at radius 2 is 1.79 bits per heavy atom. The largest absolute Gasteiger partial charge is 0.497 e. The van der Waals surface area contributed by atoms with Crippen LogP contribution in [-0.4, -0.2) is 19.8 Å². The first-order valence-electron chi connectivity index (χ1n) is 9.29. The summed E-state index contributed by atoms with van der Waals surface area (Å²) in [5, 5.41) is 5.48. The second kappa shape index (κ2) is 7.24. The standard InChI is InChI=1S/C22H21F4NO/c1-28-18-6-4-13-8-15(3-2-14(13)9-18)21-10-16(12-27-21)19-11-17(22(24,25)26)5-7-20(19)23/h2-9,16,19,21,27H,10-12H2,1H3/t16-,19?,21-/m1/s1. The molecule has 1 aliphatic heterocycles. The second-order valence-electron chi connectivity index (χ2n) is 7.48. The van der Waals surface area contributed by atoms with Crippen LogP contribution in [0, 0.1) is 11.8 Å². The van der Waals surface area contributed by atoms with Gasteiger partial charge in [0.15, 0.2) is 0 Å². The van der Waals surface area contributed by atoms with Crippen LogP contribution in [0.3, 0.4) is 0 Å². The maximum Gasteiger partial charge on any atom is 0.412 e. The molecular formula is C22H21F4NO. The molecule has 0 aromatic heterocycles. The van der Waals surface area contributed by atoms with Gasteiger partial charge in [-0.3, -0.25) is 0 Å². The first-order valence-corrected chi connectivity index (χ1v) is 9.29. The molecule has 2 aromatic carbocycles. The molecule has 4 rings (SSSR count). The van der Waals surface area contributed by atoms with Gasteiger partial charge in [0.1, 0.15) is 11.6 Å². The van der Waals surface area contributed by atoms with Crippen LogP contribution in [0.1, 0.15) is 24.4 Å². The molecule has 1 saturated heterocycles. The zero-order valence-corrected chi connectivity index (χ0v) is 15.4. The molecule has 0 bridgehead atoms. The van der Waals surface area contributed by atoms with E-state index in [1.54, 1.807) is 7.11 Å². The smallest absolute Gasteiger partial charge is 0.412 e. The first-order chi connectivity index (χ1) is 13.3. The van der Waals surface area contributed by atoms with Gasteiger partial charge in [-0.1, -0.05) is 24.3 Å². The molecular weight excluding hydrogens is 370 g/mol. The zero-order chi connectivity index (χ0) is 19.9. The minimum atomic E-state index is -4.40. The van der Waals surface area contributed by atoms with Gasteiger partial charge in [0.05, 0.1) is 7.11 Å². The van der Waals surface area contributed by atoms with Crippen LogP contribution in [0.25, 0.3) is 10.8 Å². The Balaban J connectivity index is 1.50. The number of benzene rings is 2. The molecule has 3 atom stereocenters. The fraction of sp³-hybridized carbons (Fsp3) is 0.364. The molecule has 0 radical (unpaired) electrons. The number of rotatable bonds is 3. The van der Waals surface area contributed by atoms with Crippen molar-refractivity contribution in [3.8, 4) is 5.75 Å². The topological polar surface area (TPSA) is 21.3 Å². The summed E-state index contributed by atoms with van der Waals surface area (Å²) in [6.07, 6.45) is -2.24. The molecule has 6 heteroatoms. The van der Waals surface area contributed by atoms with Crippen molar-refractivity contribution in [2.24, 2.45) is 11.8 Å². The molecule has 0 amide bonds. The van der Waals surface area contributed by atoms with Gasteiger partial charge in [0.2, 0.25) is 0 Å². The van der Waals surface area contributed by atoms with E-state index >= 15 is 0 Å². The van der Waals surface area contributed by atoms with E-state index in [-0.39, 0.29) is 18.4 Å². The Labute approximate surface area is 160 Å². The third kappa shape index (κ3) is 3.65. The highest BCUT2D eigenvalue weighted by Gasteiger charge is 2.41. The molecule has 1 N–H and O–H groups in total. The Bertz CT molecular complexity index is 947. The number of fused-ring (bicyclic) bond motifs is 1. The lowest BCUT2D eigenvalue weighted by molar-refractivity contribution is -0.0959. The van der Waals surface area contributed by atoms with Gasteiger partial charge in [-0.25, -0.2) is 4.39 Å². The normalized spacial score (nSPS) is 25.5. The number of allylic oxidation sites excluding steroid dienone is 4. The molecule has 1 unspecified atom stereocenters. The number of ether oxygens (including phenoxy) is 1. The Kier molecular flexibility index (Phi) is 4.91. The average molecular weight is 391 g/mol. The second-order valence-corrected chi connectivity index (χ2v) is 7.48. The molecule has 28 heavy (non-hydrogen) atoms. The van der Waals surface area contributed by atoms with Gasteiger partial charge < -0.3 is 10.1 Å². The van der Waals surface area contributed by atoms with Gasteiger partial charge in [0.25, 0.3) is 0 Å². The van der Waals surface area contributed by atoms with Crippen LogP contribution < -0.4 is 10.1 Å². The van der Waals surface area contributed by atoms with Crippen molar-refractivity contribution < 1.29 is 22.3 Å². The lowest BCUT2D eigenvalue weighted by atomic mass is 9.81. The highest BCUT2D eigenvalue weighted by molar-refractivity contribution is 5.84. The van der Waals surface area contributed by atoms with Crippen LogP contribution in [0.5, 0.6) is 5.75 Å². The minimum absolute atomic E-state index is 0.00421. The summed E-state index contributed by atoms with van der Waals surface area (Å²) in [5.74, 6) is -0.554. The summed E-state index contributed by atoms with van der Waals surface area (Å²) >= 11 is 0. The van der Waals surface area contributed by atoms with E-state index in [4.69, 9.17) is 4.74 Å². The van der Waals surface area contributed by atoms with E-state index < -0.39 is 23.5 Å². The minimum Gasteiger partial charge on any atom is -0.497 e. The van der Waals surface area contributed by atoms with Gasteiger partial charge in [-0.2, -0.15) is 13.2 Å². The summed E-state index contributed by atoms with van der Waals surface area (Å²) in [6, 6.07) is 11.9. The highest BCUT2D eigenvalue weighted by Crippen LogP contribution is 2.43. The fourth-order valence-electron chi connectivity index (χ4n) is 4.22. The van der Waals surface area contributed by atoms with Gasteiger partial charge in [0, 0.05) is 17.5 Å². The molecule has 1 fully saturated rings. The third-order valence-corrected chi connectivity index (χ3v) is 5.81. The summed E-state index contributed by atoms with van der Waals surface area (Å²) in [4.78, 5) is 0. The van der Waals surface area contributed by atoms with Gasteiger partial charge >= 0.3 is 6.18 Å². The maximum absolute atomic E-state index is 14.3. The summed E-state index contributed by atoms with van der Waals surface area (Å²) in [7, 11) is 1.62. The van der Waals surface area contributed by atoms with Gasteiger partial charge in [-0.05, 0) is 65.9 Å². The molecule has 148 valence electrons. The highest BCUT2D eigenvalue weighted by atomic mass is 19.4. The molecule has 1 aliphatic carbocycles. The van der Waals surface area contributed by atoms with Crippen molar-refractivity contribution in [1.29, 1.82) is 0 Å². The van der Waals surface area contributed by atoms with Crippen molar-refractivity contribution in [2.75, 3.05) is 13.7 Å². The zero-order valence-electron chi connectivity index (χ0n) is 15.4. The SMILES string of the molecule is COc1ccc2cc([C@H]3C[C@@H](C4CC(C(F)(F)F)=CC=C4F)CN3)ccc2c1. The van der Waals surface area contributed by atoms with E-state index in [1.165, 1.54) is 0 Å². The van der Waals surface area contributed by atoms with E-state index in [0.29, 0.717) is 13.0 Å². The molecule has 2 nitrogen and oxygen atoms in total. The number of hydrogen-bond donors (Lipinski definition) is 1. The van der Waals surface area contributed by atoms with Crippen molar-refractivity contribution in [2.45, 2.75) is 25.1 Å². The number of hydrogen-bond acceptors (Lipinski definition) is 2. The van der Waals surface area contributed by atoms with Crippen LogP contribution in [0.2, 0.25) is 0 Å². The van der Waals surface area contributed by atoms with E-state index in [0.717, 1.165) is 34.2 Å². The maximum atomic E-state index is 14.3. The Hall–Kier alpha value is -2.34. The average Bonchev–Trinajstić information content (AvgIpc) is 3.16. The Morgan fingerprint density at radius 1 is 1.04 bits per heavy atom. The summed E-state index contributed by atoms with van der Waals surface area (Å²) in [6.45, 7) is 0.502. The van der Waals surface area contributed by atoms with E-state index in [1.807, 2.05) is 30.3 Å². The van der Waals surface area contributed by atoms with Crippen LogP contribution in [0.15, 0.2) is 60.0 Å². The van der Waals surface area contributed by atoms with Gasteiger partial charge in [-0.15, -0.1) is 0 Å². The molecule has 0 spiro atoms. The monoisotopic (exact) mass is 391 g/mol. The van der Waals surface area contributed by atoms with Crippen LogP contribution in [-0.2, 0) is 0 Å². The summed E-state index contributed by atoms with van der Waals surface area (Å²) < 4.78 is 58.6. The Morgan fingerprint density at radius 3 is 2.54 bits per heavy atom. The quantitative estimate of drug-likeness (QED) is 0.662. The van der Waals surface area contributed by atoms with Crippen molar-refractivity contribution in [1.82, 2.24) is 5.32 Å². The predicted octanol–water partition coefficient (Wildman–Crippen LogP) is 5.86. The summed E-state index contributed by atoms with van der Waals surface area (Å²) in [5.41, 5.74) is 0.411. The number of methoxy groups -OCH3 is 1. The van der Waals surface area contributed by atoms with E-state index in [2.05, 4.69) is 11.4 Å². The molecule has 0 saturated carbocycles. The fourth-order valence-corrected chi connectivity index (χ4v) is 4.22. The number of alkyl halides is 3. The first kappa shape index (κ1) is 19.0. The lowest BCUT2D eigenvalue weighted by Gasteiger charge is -2.26. The number of nitrogens with one attached hydrogen (secondary N) is 1. The predicted molar refractivity (Wildman–Crippen MR) is 101 cm³/mol. The van der Waals surface area contributed by atoms with Crippen molar-refractivity contribution in [3.63, 3.8) is 0 Å². The van der Waals surface area contributed by atoms with Crippen LogP contribution >= 0.6 is 0 Å². The lowest BCUT2D eigenvalue weighted by Crippen LogP contribution is -2.25.